The molecule has 0 N–H and O–H groups in total. The molecule has 0 spiro atoms. The van der Waals surface area contributed by atoms with E-state index in [2.05, 4.69) is 4.98 Å². The molecule has 1 fully saturated rings. The van der Waals surface area contributed by atoms with Gasteiger partial charge in [0.05, 0.1) is 23.1 Å². The van der Waals surface area contributed by atoms with Crippen molar-refractivity contribution >= 4 is 10.0 Å². The van der Waals surface area contributed by atoms with Crippen LogP contribution in [0.5, 0.6) is 5.88 Å². The van der Waals surface area contributed by atoms with Gasteiger partial charge in [-0.3, -0.25) is 0 Å². The Morgan fingerprint density at radius 2 is 1.85 bits per heavy atom. The molecule has 1 aromatic heterocycles. The minimum Gasteiger partial charge on any atom is -0.473 e. The van der Waals surface area contributed by atoms with Crippen LogP contribution in [0.1, 0.15) is 34.2 Å². The average Bonchev–Trinajstić information content (AvgIpc) is 3.09. The Hall–Kier alpha value is -2.43. The minimum atomic E-state index is -3.60. The van der Waals surface area contributed by atoms with Crippen molar-refractivity contribution in [1.29, 1.82) is 5.26 Å². The zero-order valence-corrected chi connectivity index (χ0v) is 16.8. The number of benzene rings is 1. The molecule has 1 aliphatic heterocycles. The van der Waals surface area contributed by atoms with E-state index in [9.17, 15) is 8.42 Å². The standard InChI is InChI=1S/C20H23N3O3S/c1-13-9-14(2)16(4)20(15(13)3)27(24,25)23-8-6-18(12-23)26-19-10-17(11-21)5-7-22-19/h5,7,9-10,18H,6,8,12H2,1-4H3. The summed E-state index contributed by atoms with van der Waals surface area (Å²) in [6.45, 7) is 8.25. The van der Waals surface area contributed by atoms with E-state index in [0.717, 1.165) is 22.3 Å². The van der Waals surface area contributed by atoms with E-state index < -0.39 is 10.0 Å². The SMILES string of the molecule is Cc1cc(C)c(C)c(S(=O)(=O)N2CCC(Oc3cc(C#N)ccn3)C2)c1C. The molecular formula is C20H23N3O3S. The molecule has 0 radical (unpaired) electrons. The van der Waals surface area contributed by atoms with Gasteiger partial charge in [-0.25, -0.2) is 13.4 Å². The quantitative estimate of drug-likeness (QED) is 0.808. The molecule has 1 aliphatic rings. The lowest BCUT2D eigenvalue weighted by Crippen LogP contribution is -2.32. The highest BCUT2D eigenvalue weighted by atomic mass is 32.2. The molecular weight excluding hydrogens is 362 g/mol. The number of aromatic nitrogens is 1. The Morgan fingerprint density at radius 3 is 2.48 bits per heavy atom. The summed E-state index contributed by atoms with van der Waals surface area (Å²) >= 11 is 0. The summed E-state index contributed by atoms with van der Waals surface area (Å²) in [7, 11) is -3.60. The van der Waals surface area contributed by atoms with Crippen LogP contribution < -0.4 is 4.74 Å². The van der Waals surface area contributed by atoms with Crippen LogP contribution in [0.15, 0.2) is 29.3 Å². The zero-order chi connectivity index (χ0) is 19.8. The molecule has 27 heavy (non-hydrogen) atoms. The van der Waals surface area contributed by atoms with Crippen molar-refractivity contribution in [2.75, 3.05) is 13.1 Å². The Kier molecular flexibility index (Phi) is 5.22. The van der Waals surface area contributed by atoms with Crippen LogP contribution in [0.3, 0.4) is 0 Å². The molecule has 1 atom stereocenters. The predicted molar refractivity (Wildman–Crippen MR) is 102 cm³/mol. The van der Waals surface area contributed by atoms with E-state index in [0.29, 0.717) is 29.3 Å². The van der Waals surface area contributed by atoms with E-state index in [1.807, 2.05) is 39.8 Å². The lowest BCUT2D eigenvalue weighted by Gasteiger charge is -2.21. The topological polar surface area (TPSA) is 83.3 Å². The summed E-state index contributed by atoms with van der Waals surface area (Å²) in [5, 5.41) is 8.97. The number of sulfonamides is 1. The molecule has 6 nitrogen and oxygen atoms in total. The van der Waals surface area contributed by atoms with Crippen molar-refractivity contribution in [3.05, 3.63) is 52.2 Å². The molecule has 0 saturated carbocycles. The average molecular weight is 385 g/mol. The second kappa shape index (κ2) is 7.29. The molecule has 0 amide bonds. The van der Waals surface area contributed by atoms with Gasteiger partial charge in [0.15, 0.2) is 0 Å². The molecule has 2 aromatic rings. The van der Waals surface area contributed by atoms with Crippen LogP contribution in [0.2, 0.25) is 0 Å². The van der Waals surface area contributed by atoms with Crippen LogP contribution in [0.25, 0.3) is 0 Å². The van der Waals surface area contributed by atoms with Crippen molar-refractivity contribution in [2.24, 2.45) is 0 Å². The molecule has 1 unspecified atom stereocenters. The van der Waals surface area contributed by atoms with Crippen LogP contribution in [-0.2, 0) is 10.0 Å². The van der Waals surface area contributed by atoms with Crippen molar-refractivity contribution in [1.82, 2.24) is 9.29 Å². The largest absolute Gasteiger partial charge is 0.473 e. The first-order chi connectivity index (χ1) is 12.7. The van der Waals surface area contributed by atoms with Gasteiger partial charge < -0.3 is 4.74 Å². The van der Waals surface area contributed by atoms with E-state index >= 15 is 0 Å². The summed E-state index contributed by atoms with van der Waals surface area (Å²) in [4.78, 5) is 4.51. The molecule has 3 rings (SSSR count). The summed E-state index contributed by atoms with van der Waals surface area (Å²) in [5.74, 6) is 0.344. The minimum absolute atomic E-state index is 0.271. The van der Waals surface area contributed by atoms with Gasteiger partial charge >= 0.3 is 0 Å². The number of hydrogen-bond acceptors (Lipinski definition) is 5. The molecule has 142 valence electrons. The van der Waals surface area contributed by atoms with Crippen molar-refractivity contribution < 1.29 is 13.2 Å². The first kappa shape index (κ1) is 19.3. The smallest absolute Gasteiger partial charge is 0.243 e. The Morgan fingerprint density at radius 1 is 1.19 bits per heavy atom. The monoisotopic (exact) mass is 385 g/mol. The Balaban J connectivity index is 1.83. The predicted octanol–water partition coefficient (Wildman–Crippen LogP) is 3.03. The van der Waals surface area contributed by atoms with Gasteiger partial charge in [0.25, 0.3) is 0 Å². The van der Waals surface area contributed by atoms with Crippen molar-refractivity contribution in [3.63, 3.8) is 0 Å². The third-order valence-corrected chi connectivity index (χ3v) is 7.29. The number of rotatable bonds is 4. The van der Waals surface area contributed by atoms with Gasteiger partial charge in [-0.1, -0.05) is 6.07 Å². The van der Waals surface area contributed by atoms with Gasteiger partial charge in [-0.2, -0.15) is 9.57 Å². The lowest BCUT2D eigenvalue weighted by molar-refractivity contribution is 0.207. The maximum Gasteiger partial charge on any atom is 0.243 e. The molecule has 1 aromatic carbocycles. The fourth-order valence-corrected chi connectivity index (χ4v) is 5.49. The van der Waals surface area contributed by atoms with Gasteiger partial charge in [-0.05, 0) is 62.4 Å². The molecule has 1 saturated heterocycles. The van der Waals surface area contributed by atoms with Gasteiger partial charge in [0, 0.05) is 18.8 Å². The maximum atomic E-state index is 13.3. The van der Waals surface area contributed by atoms with Crippen LogP contribution in [0, 0.1) is 39.0 Å². The molecule has 7 heteroatoms. The second-order valence-electron chi connectivity index (χ2n) is 6.98. The Bertz CT molecular complexity index is 999. The van der Waals surface area contributed by atoms with E-state index in [1.165, 1.54) is 10.5 Å². The fraction of sp³-hybridized carbons (Fsp3) is 0.400. The highest BCUT2D eigenvalue weighted by molar-refractivity contribution is 7.89. The summed E-state index contributed by atoms with van der Waals surface area (Å²) in [6, 6.07) is 7.23. The first-order valence-corrected chi connectivity index (χ1v) is 10.3. The van der Waals surface area contributed by atoms with Crippen LogP contribution >= 0.6 is 0 Å². The van der Waals surface area contributed by atoms with Gasteiger partial charge in [0.1, 0.15) is 6.10 Å². The third-order valence-electron chi connectivity index (χ3n) is 5.15. The third kappa shape index (κ3) is 3.68. The summed E-state index contributed by atoms with van der Waals surface area (Å²) in [6.07, 6.45) is 1.81. The number of nitrogens with zero attached hydrogens (tertiary/aromatic N) is 3. The number of hydrogen-bond donors (Lipinski definition) is 0. The van der Waals surface area contributed by atoms with Crippen molar-refractivity contribution in [2.45, 2.75) is 45.1 Å². The summed E-state index contributed by atoms with van der Waals surface area (Å²) in [5.41, 5.74) is 4.00. The number of pyridine rings is 1. The molecule has 2 heterocycles. The fourth-order valence-electron chi connectivity index (χ4n) is 3.42. The lowest BCUT2D eigenvalue weighted by atomic mass is 10.0. The highest BCUT2D eigenvalue weighted by Crippen LogP contribution is 2.31. The highest BCUT2D eigenvalue weighted by Gasteiger charge is 2.36. The number of aryl methyl sites for hydroxylation is 2. The molecule has 0 bridgehead atoms. The molecule has 0 aliphatic carbocycles. The maximum absolute atomic E-state index is 13.3. The van der Waals surface area contributed by atoms with Gasteiger partial charge in [0.2, 0.25) is 15.9 Å². The Labute approximate surface area is 160 Å². The van der Waals surface area contributed by atoms with Crippen LogP contribution in [-0.4, -0.2) is 36.9 Å². The first-order valence-electron chi connectivity index (χ1n) is 8.84. The van der Waals surface area contributed by atoms with Gasteiger partial charge in [-0.15, -0.1) is 0 Å². The number of ether oxygens (including phenoxy) is 1. The van der Waals surface area contributed by atoms with E-state index in [1.54, 1.807) is 12.1 Å². The van der Waals surface area contributed by atoms with E-state index in [4.69, 9.17) is 10.00 Å². The number of nitriles is 1. The zero-order valence-electron chi connectivity index (χ0n) is 16.0. The van der Waals surface area contributed by atoms with Crippen LogP contribution in [0.4, 0.5) is 0 Å². The second-order valence-corrected chi connectivity index (χ2v) is 8.85. The van der Waals surface area contributed by atoms with Crippen molar-refractivity contribution in [3.8, 4) is 11.9 Å². The van der Waals surface area contributed by atoms with E-state index in [-0.39, 0.29) is 12.6 Å². The summed E-state index contributed by atoms with van der Waals surface area (Å²) < 4.78 is 33.9. The normalized spacial score (nSPS) is 17.7.